The van der Waals surface area contributed by atoms with E-state index >= 15 is 0 Å². The number of aromatic nitrogens is 4. The van der Waals surface area contributed by atoms with Crippen LogP contribution >= 0.6 is 11.6 Å². The first-order chi connectivity index (χ1) is 15.6. The molecule has 1 saturated heterocycles. The van der Waals surface area contributed by atoms with Crippen molar-refractivity contribution >= 4 is 40.5 Å². The Morgan fingerprint density at radius 2 is 1.97 bits per heavy atom. The van der Waals surface area contributed by atoms with Crippen LogP contribution in [0.5, 0.6) is 0 Å². The van der Waals surface area contributed by atoms with E-state index in [0.717, 1.165) is 31.9 Å². The molecule has 3 aromatic rings. The molecule has 3 N–H and O–H groups in total. The summed E-state index contributed by atoms with van der Waals surface area (Å²) in [6.07, 6.45) is 0.806. The second-order valence-corrected chi connectivity index (χ2v) is 7.99. The predicted molar refractivity (Wildman–Crippen MR) is 117 cm³/mol. The summed E-state index contributed by atoms with van der Waals surface area (Å²) in [4.78, 5) is 10.9. The van der Waals surface area contributed by atoms with Crippen LogP contribution in [0.15, 0.2) is 18.3 Å². The molecule has 2 aliphatic rings. The van der Waals surface area contributed by atoms with E-state index in [2.05, 4.69) is 42.0 Å². The highest BCUT2D eigenvalue weighted by atomic mass is 35.5. The molecule has 32 heavy (non-hydrogen) atoms. The van der Waals surface area contributed by atoms with Gasteiger partial charge in [0.25, 0.3) is 0 Å². The van der Waals surface area contributed by atoms with Crippen molar-refractivity contribution in [3.8, 4) is 12.1 Å². The van der Waals surface area contributed by atoms with Crippen molar-refractivity contribution in [3.05, 3.63) is 34.5 Å². The van der Waals surface area contributed by atoms with Gasteiger partial charge < -0.3 is 20.9 Å². The summed E-state index contributed by atoms with van der Waals surface area (Å²) in [5.74, 6) is 0.412. The van der Waals surface area contributed by atoms with E-state index in [1.165, 1.54) is 10.7 Å². The standard InChI is InChI=1S/C20H18ClFN10/c21-17-15(5-11(8-23)6-16(17)31-3-1-25-2-4-31)27-19-29-18-12(9-24)10-26-32(18)20(30-19)28-14-7-13(14)22/h5-6,10,13-14,25H,1-4,7H2,(H2,27,28,29,30)/t13-,14+/m0/s1. The number of nitrogens with one attached hydrogen (secondary N) is 3. The van der Waals surface area contributed by atoms with E-state index in [0.29, 0.717) is 22.7 Å². The number of piperazine rings is 1. The fourth-order valence-electron chi connectivity index (χ4n) is 3.61. The zero-order chi connectivity index (χ0) is 22.2. The number of benzene rings is 1. The summed E-state index contributed by atoms with van der Waals surface area (Å²) >= 11 is 6.71. The Morgan fingerprint density at radius 3 is 2.66 bits per heavy atom. The van der Waals surface area contributed by atoms with Crippen molar-refractivity contribution in [2.24, 2.45) is 0 Å². The van der Waals surface area contributed by atoms with Gasteiger partial charge in [-0.1, -0.05) is 11.6 Å². The lowest BCUT2D eigenvalue weighted by atomic mass is 10.1. The van der Waals surface area contributed by atoms with Crippen LogP contribution in [0.1, 0.15) is 17.5 Å². The molecule has 10 nitrogen and oxygen atoms in total. The lowest BCUT2D eigenvalue weighted by Crippen LogP contribution is -2.43. The van der Waals surface area contributed by atoms with Gasteiger partial charge in [-0.15, -0.1) is 0 Å². The number of nitrogens with zero attached hydrogens (tertiary/aromatic N) is 7. The molecule has 5 rings (SSSR count). The monoisotopic (exact) mass is 452 g/mol. The Balaban J connectivity index is 1.55. The second-order valence-electron chi connectivity index (χ2n) is 7.61. The minimum absolute atomic E-state index is 0.149. The molecule has 0 bridgehead atoms. The highest BCUT2D eigenvalue weighted by Gasteiger charge is 2.38. The summed E-state index contributed by atoms with van der Waals surface area (Å²) in [5.41, 5.74) is 2.17. The van der Waals surface area contributed by atoms with Crippen molar-refractivity contribution in [3.63, 3.8) is 0 Å². The van der Waals surface area contributed by atoms with E-state index in [4.69, 9.17) is 11.6 Å². The average Bonchev–Trinajstić information content (AvgIpc) is 3.34. The number of anilines is 4. The van der Waals surface area contributed by atoms with Gasteiger partial charge in [0.1, 0.15) is 17.8 Å². The van der Waals surface area contributed by atoms with Crippen LogP contribution < -0.4 is 20.9 Å². The molecule has 162 valence electrons. The lowest BCUT2D eigenvalue weighted by molar-refractivity contribution is 0.471. The number of rotatable bonds is 5. The maximum Gasteiger partial charge on any atom is 0.232 e. The first-order valence-corrected chi connectivity index (χ1v) is 10.5. The van der Waals surface area contributed by atoms with E-state index in [1.807, 2.05) is 6.07 Å². The van der Waals surface area contributed by atoms with Gasteiger partial charge in [-0.05, 0) is 12.1 Å². The second kappa shape index (κ2) is 8.11. The third-order valence-electron chi connectivity index (χ3n) is 5.40. The van der Waals surface area contributed by atoms with Crippen LogP contribution in [0.25, 0.3) is 5.65 Å². The molecule has 2 fully saturated rings. The number of hydrogen-bond acceptors (Lipinski definition) is 9. The fraction of sp³-hybridized carbons (Fsp3) is 0.350. The molecule has 1 aliphatic heterocycles. The zero-order valence-electron chi connectivity index (χ0n) is 16.8. The largest absolute Gasteiger partial charge is 0.368 e. The van der Waals surface area contributed by atoms with Crippen LogP contribution in [0.3, 0.4) is 0 Å². The molecule has 0 unspecified atom stereocenters. The molecule has 1 saturated carbocycles. The zero-order valence-corrected chi connectivity index (χ0v) is 17.6. The first-order valence-electron chi connectivity index (χ1n) is 10.1. The molecule has 0 amide bonds. The van der Waals surface area contributed by atoms with E-state index in [9.17, 15) is 14.9 Å². The number of hydrogen-bond donors (Lipinski definition) is 3. The fourth-order valence-corrected chi connectivity index (χ4v) is 3.88. The number of alkyl halides is 1. The van der Waals surface area contributed by atoms with E-state index in [-0.39, 0.29) is 29.1 Å². The van der Waals surface area contributed by atoms with Crippen molar-refractivity contribution in [1.29, 1.82) is 10.5 Å². The quantitative estimate of drug-likeness (QED) is 0.533. The number of nitriles is 2. The van der Waals surface area contributed by atoms with Crippen LogP contribution in [0, 0.1) is 22.7 Å². The van der Waals surface area contributed by atoms with Crippen molar-refractivity contribution in [1.82, 2.24) is 24.9 Å². The van der Waals surface area contributed by atoms with Gasteiger partial charge in [-0.25, -0.2) is 4.39 Å². The minimum atomic E-state index is -0.953. The Morgan fingerprint density at radius 1 is 1.19 bits per heavy atom. The minimum Gasteiger partial charge on any atom is -0.368 e. The summed E-state index contributed by atoms with van der Waals surface area (Å²) < 4.78 is 14.8. The number of fused-ring (bicyclic) bond motifs is 1. The molecule has 1 aromatic carbocycles. The highest BCUT2D eigenvalue weighted by molar-refractivity contribution is 6.36. The van der Waals surface area contributed by atoms with Crippen LogP contribution in [-0.2, 0) is 0 Å². The maximum absolute atomic E-state index is 13.5. The average molecular weight is 453 g/mol. The third-order valence-corrected chi connectivity index (χ3v) is 5.80. The van der Waals surface area contributed by atoms with E-state index < -0.39 is 6.17 Å². The molecule has 12 heteroatoms. The topological polar surface area (TPSA) is 130 Å². The van der Waals surface area contributed by atoms with Gasteiger partial charge in [0.15, 0.2) is 5.65 Å². The Labute approximate surface area is 187 Å². The van der Waals surface area contributed by atoms with E-state index in [1.54, 1.807) is 12.1 Å². The summed E-state index contributed by atoms with van der Waals surface area (Å²) in [6, 6.07) is 7.22. The third kappa shape index (κ3) is 3.73. The normalized spacial score (nSPS) is 19.9. The summed E-state index contributed by atoms with van der Waals surface area (Å²) in [6.45, 7) is 3.16. The maximum atomic E-state index is 13.5. The van der Waals surface area contributed by atoms with Crippen LogP contribution in [0.4, 0.5) is 27.7 Å². The molecule has 0 radical (unpaired) electrons. The molecule has 2 aromatic heterocycles. The van der Waals surface area contributed by atoms with Crippen LogP contribution in [-0.4, -0.2) is 58.0 Å². The first kappa shape index (κ1) is 20.2. The Bertz CT molecular complexity index is 1270. The summed E-state index contributed by atoms with van der Waals surface area (Å²) in [7, 11) is 0. The van der Waals surface area contributed by atoms with Gasteiger partial charge in [-0.2, -0.15) is 30.1 Å². The molecule has 1 aliphatic carbocycles. The van der Waals surface area contributed by atoms with Gasteiger partial charge in [0, 0.05) is 32.6 Å². The Kier molecular flexibility index (Phi) is 5.13. The van der Waals surface area contributed by atoms with Crippen LogP contribution in [0.2, 0.25) is 5.02 Å². The van der Waals surface area contributed by atoms with Crippen molar-refractivity contribution < 1.29 is 4.39 Å². The van der Waals surface area contributed by atoms with Crippen molar-refractivity contribution in [2.45, 2.75) is 18.6 Å². The summed E-state index contributed by atoms with van der Waals surface area (Å²) in [5, 5.41) is 32.8. The highest BCUT2D eigenvalue weighted by Crippen LogP contribution is 2.36. The van der Waals surface area contributed by atoms with Gasteiger partial charge in [0.05, 0.1) is 40.3 Å². The lowest BCUT2D eigenvalue weighted by Gasteiger charge is -2.30. The SMILES string of the molecule is N#Cc1cc(Nc2nc(N[C@@H]3C[C@@H]3F)n3ncc(C#N)c3n2)c(Cl)c(N2CCNCC2)c1. The Hall–Kier alpha value is -3.67. The molecule has 2 atom stereocenters. The molecular weight excluding hydrogens is 435 g/mol. The molecular formula is C20H18ClFN10. The van der Waals surface area contributed by atoms with Gasteiger partial charge in [-0.3, -0.25) is 0 Å². The smallest absolute Gasteiger partial charge is 0.232 e. The van der Waals surface area contributed by atoms with Crippen molar-refractivity contribution in [2.75, 3.05) is 41.7 Å². The molecule has 3 heterocycles. The van der Waals surface area contributed by atoms with Gasteiger partial charge in [0.2, 0.25) is 11.9 Å². The van der Waals surface area contributed by atoms with Gasteiger partial charge >= 0.3 is 0 Å². The molecule has 0 spiro atoms. The number of halogens is 2. The predicted octanol–water partition coefficient (Wildman–Crippen LogP) is 2.20.